The van der Waals surface area contributed by atoms with E-state index < -0.39 is 0 Å². The average molecular weight is 333 g/mol. The second-order valence-corrected chi connectivity index (χ2v) is 8.39. The topological polar surface area (TPSA) is 15.7 Å². The molecule has 2 bridgehead atoms. The van der Waals surface area contributed by atoms with E-state index in [1.54, 1.807) is 0 Å². The van der Waals surface area contributed by atoms with Gasteiger partial charge in [0.25, 0.3) is 0 Å². The van der Waals surface area contributed by atoms with Gasteiger partial charge in [-0.2, -0.15) is 0 Å². The number of benzene rings is 1. The van der Waals surface area contributed by atoms with Gasteiger partial charge in [0.2, 0.25) is 0 Å². The van der Waals surface area contributed by atoms with Crippen LogP contribution < -0.4 is 0 Å². The summed E-state index contributed by atoms with van der Waals surface area (Å²) in [4.78, 5) is 6.72. The Morgan fingerprint density at radius 1 is 0.913 bits per heavy atom. The first-order valence-corrected chi connectivity index (χ1v) is 10.1. The molecule has 23 heavy (non-hydrogen) atoms. The van der Waals surface area contributed by atoms with Gasteiger partial charge >= 0.3 is 0 Å². The van der Waals surface area contributed by atoms with Crippen LogP contribution in [0, 0.1) is 5.92 Å². The Kier molecular flexibility index (Phi) is 5.24. The first-order valence-electron chi connectivity index (χ1n) is 9.13. The van der Waals surface area contributed by atoms with Crippen molar-refractivity contribution in [2.24, 2.45) is 5.92 Å². The van der Waals surface area contributed by atoms with E-state index in [4.69, 9.17) is 4.74 Å². The van der Waals surface area contributed by atoms with Crippen molar-refractivity contribution in [3.05, 3.63) is 30.3 Å². The van der Waals surface area contributed by atoms with Crippen LogP contribution in [0.2, 0.25) is 0 Å². The van der Waals surface area contributed by atoms with Gasteiger partial charge in [-0.05, 0) is 43.9 Å². The molecule has 3 fully saturated rings. The predicted octanol–water partition coefficient (Wildman–Crippen LogP) is 2.96. The second-order valence-electron chi connectivity index (χ2n) is 7.30. The van der Waals surface area contributed by atoms with Crippen molar-refractivity contribution < 1.29 is 4.74 Å². The standard InChI is InChI=1S/C19H28N2OS/c1-2-4-19(5-3-1)23-15-16-8-9-20(12-16)10-11-21-13-17-6-7-18(14-21)22-17/h1-5,16-18H,6-15H2/t16-,17-,18+/m0/s1. The van der Waals surface area contributed by atoms with E-state index in [1.165, 1.54) is 56.1 Å². The van der Waals surface area contributed by atoms with Crippen molar-refractivity contribution in [3.8, 4) is 0 Å². The third kappa shape index (κ3) is 4.30. The minimum Gasteiger partial charge on any atom is -0.372 e. The van der Waals surface area contributed by atoms with E-state index in [-0.39, 0.29) is 0 Å². The van der Waals surface area contributed by atoms with Crippen LogP contribution in [0.1, 0.15) is 19.3 Å². The zero-order valence-corrected chi connectivity index (χ0v) is 14.7. The Morgan fingerprint density at radius 2 is 1.65 bits per heavy atom. The summed E-state index contributed by atoms with van der Waals surface area (Å²) in [5.74, 6) is 2.13. The minimum absolute atomic E-state index is 0.530. The zero-order chi connectivity index (χ0) is 15.5. The van der Waals surface area contributed by atoms with Crippen LogP contribution in [-0.2, 0) is 4.74 Å². The molecule has 0 unspecified atom stereocenters. The van der Waals surface area contributed by atoms with Crippen LogP contribution >= 0.6 is 11.8 Å². The summed E-state index contributed by atoms with van der Waals surface area (Å²) in [5.41, 5.74) is 0. The lowest BCUT2D eigenvalue weighted by Gasteiger charge is -2.33. The van der Waals surface area contributed by atoms with Gasteiger partial charge in [0.15, 0.2) is 0 Å². The highest BCUT2D eigenvalue weighted by molar-refractivity contribution is 7.99. The molecule has 1 aromatic carbocycles. The molecule has 126 valence electrons. The van der Waals surface area contributed by atoms with Crippen molar-refractivity contribution in [3.63, 3.8) is 0 Å². The van der Waals surface area contributed by atoms with Crippen molar-refractivity contribution in [2.75, 3.05) is 45.0 Å². The summed E-state index contributed by atoms with van der Waals surface area (Å²) in [5, 5.41) is 0. The molecule has 3 aliphatic heterocycles. The van der Waals surface area contributed by atoms with Crippen molar-refractivity contribution in [2.45, 2.75) is 36.4 Å². The molecule has 4 heteroatoms. The van der Waals surface area contributed by atoms with E-state index in [1.807, 2.05) is 11.8 Å². The smallest absolute Gasteiger partial charge is 0.0707 e. The summed E-state index contributed by atoms with van der Waals surface area (Å²) >= 11 is 2.02. The number of likely N-dealkylation sites (tertiary alicyclic amines) is 2. The molecule has 3 nitrogen and oxygen atoms in total. The highest BCUT2D eigenvalue weighted by Gasteiger charge is 2.33. The molecule has 4 rings (SSSR count). The Balaban J connectivity index is 1.16. The number of ether oxygens (including phenoxy) is 1. The van der Waals surface area contributed by atoms with Gasteiger partial charge in [-0.25, -0.2) is 0 Å². The number of fused-ring (bicyclic) bond motifs is 2. The molecule has 0 saturated carbocycles. The van der Waals surface area contributed by atoms with E-state index >= 15 is 0 Å². The lowest BCUT2D eigenvalue weighted by molar-refractivity contribution is -0.0397. The van der Waals surface area contributed by atoms with Crippen LogP contribution in [0.3, 0.4) is 0 Å². The van der Waals surface area contributed by atoms with E-state index in [0.717, 1.165) is 19.0 Å². The molecular weight excluding hydrogens is 304 g/mol. The maximum Gasteiger partial charge on any atom is 0.0707 e. The monoisotopic (exact) mass is 332 g/mol. The predicted molar refractivity (Wildman–Crippen MR) is 96.0 cm³/mol. The number of hydrogen-bond acceptors (Lipinski definition) is 4. The highest BCUT2D eigenvalue weighted by atomic mass is 32.2. The molecule has 0 aromatic heterocycles. The minimum atomic E-state index is 0.530. The van der Waals surface area contributed by atoms with Crippen molar-refractivity contribution >= 4 is 11.8 Å². The van der Waals surface area contributed by atoms with Crippen molar-refractivity contribution in [1.82, 2.24) is 9.80 Å². The normalized spacial score (nSPS) is 31.7. The molecule has 1 aromatic rings. The molecule has 0 spiro atoms. The first kappa shape index (κ1) is 15.9. The lowest BCUT2D eigenvalue weighted by Crippen LogP contribution is -2.45. The highest BCUT2D eigenvalue weighted by Crippen LogP contribution is 2.27. The maximum atomic E-state index is 5.93. The Labute approximate surface area is 144 Å². The zero-order valence-electron chi connectivity index (χ0n) is 13.9. The molecule has 0 N–H and O–H groups in total. The molecule has 0 aliphatic carbocycles. The molecule has 3 aliphatic rings. The summed E-state index contributed by atoms with van der Waals surface area (Å²) < 4.78 is 5.93. The summed E-state index contributed by atoms with van der Waals surface area (Å²) in [6.07, 6.45) is 4.99. The number of rotatable bonds is 6. The van der Waals surface area contributed by atoms with Gasteiger partial charge < -0.3 is 9.64 Å². The van der Waals surface area contributed by atoms with Crippen LogP contribution in [0.5, 0.6) is 0 Å². The number of hydrogen-bond donors (Lipinski definition) is 0. The summed E-state index contributed by atoms with van der Waals surface area (Å²) in [7, 11) is 0. The third-order valence-corrected chi connectivity index (χ3v) is 6.69. The number of morpholine rings is 1. The Hall–Kier alpha value is -0.550. The quantitative estimate of drug-likeness (QED) is 0.744. The van der Waals surface area contributed by atoms with Crippen molar-refractivity contribution in [1.29, 1.82) is 0 Å². The van der Waals surface area contributed by atoms with Crippen LogP contribution in [0.4, 0.5) is 0 Å². The van der Waals surface area contributed by atoms with E-state index in [9.17, 15) is 0 Å². The summed E-state index contributed by atoms with van der Waals surface area (Å²) in [6.45, 7) is 7.38. The summed E-state index contributed by atoms with van der Waals surface area (Å²) in [6, 6.07) is 10.8. The molecule has 0 amide bonds. The molecule has 3 atom stereocenters. The Morgan fingerprint density at radius 3 is 2.43 bits per heavy atom. The number of thioether (sulfide) groups is 1. The first-order chi connectivity index (χ1) is 11.3. The largest absolute Gasteiger partial charge is 0.372 e. The fraction of sp³-hybridized carbons (Fsp3) is 0.684. The fourth-order valence-electron chi connectivity index (χ4n) is 4.15. The maximum absolute atomic E-state index is 5.93. The second kappa shape index (κ2) is 7.56. The molecular formula is C19H28N2OS. The van der Waals surface area contributed by atoms with Crippen LogP contribution in [0.25, 0.3) is 0 Å². The van der Waals surface area contributed by atoms with Crippen LogP contribution in [0.15, 0.2) is 35.2 Å². The van der Waals surface area contributed by atoms with Gasteiger partial charge in [-0.3, -0.25) is 4.90 Å². The molecule has 3 heterocycles. The van der Waals surface area contributed by atoms with Crippen LogP contribution in [-0.4, -0.2) is 67.0 Å². The van der Waals surface area contributed by atoms with E-state index in [0.29, 0.717) is 12.2 Å². The van der Waals surface area contributed by atoms with Gasteiger partial charge in [0.1, 0.15) is 0 Å². The van der Waals surface area contributed by atoms with Gasteiger partial charge in [0.05, 0.1) is 12.2 Å². The Bertz CT molecular complexity index is 485. The number of nitrogens with zero attached hydrogens (tertiary/aromatic N) is 2. The SMILES string of the molecule is c1ccc(SC[C@H]2CCN(CCN3C[C@H]4CC[C@@H](C3)O4)C2)cc1. The van der Waals surface area contributed by atoms with Gasteiger partial charge in [-0.1, -0.05) is 18.2 Å². The van der Waals surface area contributed by atoms with E-state index in [2.05, 4.69) is 40.1 Å². The third-order valence-electron chi connectivity index (χ3n) is 5.45. The average Bonchev–Trinajstić information content (AvgIpc) is 3.18. The lowest BCUT2D eigenvalue weighted by atomic mass is 10.2. The molecule has 3 saturated heterocycles. The fourth-order valence-corrected chi connectivity index (χ4v) is 5.20. The van der Waals surface area contributed by atoms with Gasteiger partial charge in [0, 0.05) is 43.4 Å². The van der Waals surface area contributed by atoms with Gasteiger partial charge in [-0.15, -0.1) is 11.8 Å². The molecule has 0 radical (unpaired) electrons.